The molecule has 17 heavy (non-hydrogen) atoms. The zero-order valence-corrected chi connectivity index (χ0v) is 9.77. The minimum absolute atomic E-state index is 0.154. The SMILES string of the molecule is CC(NC(=O)c1ccc(Cl)nn1)c1cn[nH]c1. The summed E-state index contributed by atoms with van der Waals surface area (Å²) in [5, 5.41) is 16.8. The monoisotopic (exact) mass is 251 g/mol. The number of hydrogen-bond donors (Lipinski definition) is 2. The van der Waals surface area contributed by atoms with Crippen molar-refractivity contribution in [3.8, 4) is 0 Å². The molecule has 0 aliphatic rings. The second-order valence-electron chi connectivity index (χ2n) is 3.47. The summed E-state index contributed by atoms with van der Waals surface area (Å²) in [5.41, 5.74) is 1.12. The molecule has 0 bridgehead atoms. The van der Waals surface area contributed by atoms with Crippen LogP contribution in [0.25, 0.3) is 0 Å². The molecule has 0 saturated heterocycles. The Morgan fingerprint density at radius 2 is 2.29 bits per heavy atom. The van der Waals surface area contributed by atoms with Crippen molar-refractivity contribution in [3.05, 3.63) is 40.9 Å². The van der Waals surface area contributed by atoms with Crippen molar-refractivity contribution in [2.75, 3.05) is 0 Å². The van der Waals surface area contributed by atoms with Crippen molar-refractivity contribution in [2.45, 2.75) is 13.0 Å². The van der Waals surface area contributed by atoms with Crippen molar-refractivity contribution >= 4 is 17.5 Å². The van der Waals surface area contributed by atoms with E-state index >= 15 is 0 Å². The third-order valence-corrected chi connectivity index (χ3v) is 2.43. The fraction of sp³-hybridized carbons (Fsp3) is 0.200. The summed E-state index contributed by atoms with van der Waals surface area (Å²) in [4.78, 5) is 11.8. The van der Waals surface area contributed by atoms with Gasteiger partial charge in [0.05, 0.1) is 12.2 Å². The lowest BCUT2D eigenvalue weighted by molar-refractivity contribution is 0.0934. The molecule has 88 valence electrons. The molecule has 1 amide bonds. The highest BCUT2D eigenvalue weighted by atomic mass is 35.5. The molecule has 1 atom stereocenters. The average Bonchev–Trinajstić information content (AvgIpc) is 2.83. The molecule has 7 heteroatoms. The van der Waals surface area contributed by atoms with Gasteiger partial charge in [-0.05, 0) is 19.1 Å². The fourth-order valence-electron chi connectivity index (χ4n) is 1.29. The third-order valence-electron chi connectivity index (χ3n) is 2.23. The van der Waals surface area contributed by atoms with E-state index in [0.717, 1.165) is 5.56 Å². The predicted octanol–water partition coefficient (Wildman–Crippen LogP) is 1.34. The van der Waals surface area contributed by atoms with Crippen LogP contribution in [0.5, 0.6) is 0 Å². The number of carbonyl (C=O) groups is 1. The molecule has 0 spiro atoms. The second-order valence-corrected chi connectivity index (χ2v) is 3.86. The number of H-pyrrole nitrogens is 1. The Balaban J connectivity index is 2.04. The first kappa shape index (κ1) is 11.5. The maximum Gasteiger partial charge on any atom is 0.272 e. The van der Waals surface area contributed by atoms with Crippen LogP contribution < -0.4 is 5.32 Å². The summed E-state index contributed by atoms with van der Waals surface area (Å²) >= 11 is 5.59. The van der Waals surface area contributed by atoms with Gasteiger partial charge in [-0.3, -0.25) is 9.89 Å². The first-order valence-corrected chi connectivity index (χ1v) is 5.33. The highest BCUT2D eigenvalue weighted by molar-refractivity contribution is 6.29. The Morgan fingerprint density at radius 3 is 2.88 bits per heavy atom. The zero-order valence-electron chi connectivity index (χ0n) is 9.01. The lowest BCUT2D eigenvalue weighted by Gasteiger charge is -2.10. The summed E-state index contributed by atoms with van der Waals surface area (Å²) in [5.74, 6) is -0.303. The fourth-order valence-corrected chi connectivity index (χ4v) is 1.39. The third kappa shape index (κ3) is 2.79. The largest absolute Gasteiger partial charge is 0.344 e. The Kier molecular flexibility index (Phi) is 3.34. The van der Waals surface area contributed by atoms with Crippen LogP contribution in [0.4, 0.5) is 0 Å². The molecule has 0 aliphatic carbocycles. The maximum atomic E-state index is 11.8. The molecule has 2 aromatic rings. The Bertz CT molecular complexity index is 496. The van der Waals surface area contributed by atoms with E-state index in [0.29, 0.717) is 0 Å². The Labute approximate surface area is 102 Å². The minimum Gasteiger partial charge on any atom is -0.344 e. The quantitative estimate of drug-likeness (QED) is 0.862. The van der Waals surface area contributed by atoms with Crippen molar-refractivity contribution in [1.29, 1.82) is 0 Å². The van der Waals surface area contributed by atoms with Gasteiger partial charge in [0.15, 0.2) is 10.8 Å². The highest BCUT2D eigenvalue weighted by Crippen LogP contribution is 2.10. The van der Waals surface area contributed by atoms with Crippen LogP contribution in [-0.4, -0.2) is 26.3 Å². The molecule has 1 unspecified atom stereocenters. The molecule has 2 aromatic heterocycles. The minimum atomic E-state index is -0.303. The van der Waals surface area contributed by atoms with Crippen molar-refractivity contribution in [3.63, 3.8) is 0 Å². The molecular formula is C10H10ClN5O. The standard InChI is InChI=1S/C10H10ClN5O/c1-6(7-4-12-13-5-7)14-10(17)8-2-3-9(11)16-15-8/h2-6H,1H3,(H,12,13)(H,14,17). The lowest BCUT2D eigenvalue weighted by atomic mass is 10.2. The summed E-state index contributed by atoms with van der Waals surface area (Å²) in [6.07, 6.45) is 3.37. The molecule has 0 radical (unpaired) electrons. The predicted molar refractivity (Wildman–Crippen MR) is 61.5 cm³/mol. The number of halogens is 1. The first-order valence-electron chi connectivity index (χ1n) is 4.95. The van der Waals surface area contributed by atoms with Gasteiger partial charge in [0.2, 0.25) is 0 Å². The number of carbonyl (C=O) groups excluding carboxylic acids is 1. The molecule has 0 aromatic carbocycles. The lowest BCUT2D eigenvalue weighted by Crippen LogP contribution is -2.27. The van der Waals surface area contributed by atoms with Crippen LogP contribution in [0.3, 0.4) is 0 Å². The smallest absolute Gasteiger partial charge is 0.272 e. The molecule has 2 rings (SSSR count). The van der Waals surface area contributed by atoms with Gasteiger partial charge in [-0.1, -0.05) is 11.6 Å². The molecule has 2 N–H and O–H groups in total. The van der Waals surface area contributed by atoms with Crippen LogP contribution in [0.15, 0.2) is 24.5 Å². The van der Waals surface area contributed by atoms with Crippen molar-refractivity contribution < 1.29 is 4.79 Å². The summed E-state index contributed by atoms with van der Waals surface area (Å²) in [6.45, 7) is 1.85. The van der Waals surface area contributed by atoms with Gasteiger partial charge in [0.25, 0.3) is 5.91 Å². The normalized spacial score (nSPS) is 12.1. The van der Waals surface area contributed by atoms with E-state index in [-0.39, 0.29) is 22.8 Å². The van der Waals surface area contributed by atoms with Gasteiger partial charge in [0, 0.05) is 11.8 Å². The van der Waals surface area contributed by atoms with Crippen LogP contribution in [0.1, 0.15) is 29.0 Å². The number of aromatic amines is 1. The second kappa shape index (κ2) is 4.92. The average molecular weight is 252 g/mol. The van der Waals surface area contributed by atoms with E-state index < -0.39 is 0 Å². The summed E-state index contributed by atoms with van der Waals surface area (Å²) in [6, 6.07) is 2.89. The van der Waals surface area contributed by atoms with E-state index in [9.17, 15) is 4.79 Å². The van der Waals surface area contributed by atoms with E-state index in [1.165, 1.54) is 12.1 Å². The van der Waals surface area contributed by atoms with Gasteiger partial charge in [-0.15, -0.1) is 10.2 Å². The molecule has 2 heterocycles. The van der Waals surface area contributed by atoms with Gasteiger partial charge in [-0.25, -0.2) is 0 Å². The van der Waals surface area contributed by atoms with Gasteiger partial charge >= 0.3 is 0 Å². The van der Waals surface area contributed by atoms with Gasteiger partial charge in [-0.2, -0.15) is 5.10 Å². The number of nitrogens with zero attached hydrogens (tertiary/aromatic N) is 3. The maximum absolute atomic E-state index is 11.8. The number of rotatable bonds is 3. The Hall–Kier alpha value is -1.95. The van der Waals surface area contributed by atoms with E-state index in [1.54, 1.807) is 12.4 Å². The van der Waals surface area contributed by atoms with Crippen molar-refractivity contribution in [1.82, 2.24) is 25.7 Å². The molecule has 0 fully saturated rings. The van der Waals surface area contributed by atoms with Crippen LogP contribution >= 0.6 is 11.6 Å². The van der Waals surface area contributed by atoms with Gasteiger partial charge in [0.1, 0.15) is 0 Å². The molecule has 0 saturated carbocycles. The molecule has 0 aliphatic heterocycles. The first-order chi connectivity index (χ1) is 8.16. The molecular weight excluding hydrogens is 242 g/mol. The zero-order chi connectivity index (χ0) is 12.3. The highest BCUT2D eigenvalue weighted by Gasteiger charge is 2.13. The van der Waals surface area contributed by atoms with E-state index in [1.807, 2.05) is 6.92 Å². The van der Waals surface area contributed by atoms with Crippen molar-refractivity contribution in [2.24, 2.45) is 0 Å². The Morgan fingerprint density at radius 1 is 1.47 bits per heavy atom. The number of nitrogens with one attached hydrogen (secondary N) is 2. The number of amides is 1. The molecule has 6 nitrogen and oxygen atoms in total. The van der Waals surface area contributed by atoms with E-state index in [4.69, 9.17) is 11.6 Å². The number of aromatic nitrogens is 4. The van der Waals surface area contributed by atoms with Crippen LogP contribution in [-0.2, 0) is 0 Å². The van der Waals surface area contributed by atoms with Gasteiger partial charge < -0.3 is 5.32 Å². The summed E-state index contributed by atoms with van der Waals surface area (Å²) < 4.78 is 0. The van der Waals surface area contributed by atoms with Crippen LogP contribution in [0.2, 0.25) is 5.15 Å². The topological polar surface area (TPSA) is 83.6 Å². The van der Waals surface area contributed by atoms with Crippen LogP contribution in [0, 0.1) is 0 Å². The number of hydrogen-bond acceptors (Lipinski definition) is 4. The van der Waals surface area contributed by atoms with E-state index in [2.05, 4.69) is 25.7 Å². The summed E-state index contributed by atoms with van der Waals surface area (Å²) in [7, 11) is 0.